The van der Waals surface area contributed by atoms with E-state index in [-0.39, 0.29) is 16.7 Å². The number of benzene rings is 1. The minimum atomic E-state index is -0.611. The Hall–Kier alpha value is -1.35. The topological polar surface area (TPSA) is 38.3 Å². The standard InChI is InChI=1S/C17H21NO2/c1-15-11-20-17(10-12(15)8-9-16(15,17)2)14(19)18-13-6-4-3-5-7-13/h3-7,12H,8-11H2,1-2H3,(H,18,19)/t12-,15+,16-,17+/m1/s1. The molecule has 1 saturated heterocycles. The zero-order chi connectivity index (χ0) is 14.0. The second-order valence-electron chi connectivity index (χ2n) is 7.13. The highest BCUT2D eigenvalue weighted by Crippen LogP contribution is 2.75. The Balaban J connectivity index is 1.68. The summed E-state index contributed by atoms with van der Waals surface area (Å²) < 4.78 is 6.10. The van der Waals surface area contributed by atoms with Crippen molar-refractivity contribution < 1.29 is 9.53 Å². The predicted molar refractivity (Wildman–Crippen MR) is 77.3 cm³/mol. The number of rotatable bonds is 2. The first-order chi connectivity index (χ1) is 9.52. The molecule has 1 aromatic rings. The summed E-state index contributed by atoms with van der Waals surface area (Å²) in [5.74, 6) is 0.694. The molecule has 1 amide bonds. The van der Waals surface area contributed by atoms with Gasteiger partial charge >= 0.3 is 0 Å². The van der Waals surface area contributed by atoms with Gasteiger partial charge in [0.1, 0.15) is 0 Å². The van der Waals surface area contributed by atoms with E-state index in [1.165, 1.54) is 6.42 Å². The third-order valence-corrected chi connectivity index (χ3v) is 6.60. The minimum absolute atomic E-state index is 0.0104. The molecule has 0 aromatic heterocycles. The summed E-state index contributed by atoms with van der Waals surface area (Å²) in [5, 5.41) is 3.07. The molecule has 3 fully saturated rings. The molecular formula is C17H21NO2. The molecule has 106 valence electrons. The van der Waals surface area contributed by atoms with Crippen LogP contribution >= 0.6 is 0 Å². The van der Waals surface area contributed by atoms with E-state index in [1.54, 1.807) is 0 Å². The van der Waals surface area contributed by atoms with Crippen LogP contribution in [-0.4, -0.2) is 18.1 Å². The van der Waals surface area contributed by atoms with Crippen molar-refractivity contribution in [2.75, 3.05) is 11.9 Å². The number of para-hydroxylation sites is 1. The van der Waals surface area contributed by atoms with Gasteiger partial charge in [0.05, 0.1) is 6.61 Å². The Labute approximate surface area is 119 Å². The molecule has 0 radical (unpaired) electrons. The van der Waals surface area contributed by atoms with Gasteiger partial charge in [0, 0.05) is 16.5 Å². The SMILES string of the molecule is C[C@]12CC[C@@H]3C[C@@]1(C(=O)Nc1ccccc1)OC[C@@]32C. The van der Waals surface area contributed by atoms with Crippen molar-refractivity contribution in [3.8, 4) is 0 Å². The van der Waals surface area contributed by atoms with Crippen LogP contribution in [-0.2, 0) is 9.53 Å². The minimum Gasteiger partial charge on any atom is -0.364 e. The molecule has 4 atom stereocenters. The van der Waals surface area contributed by atoms with Gasteiger partial charge in [-0.15, -0.1) is 0 Å². The van der Waals surface area contributed by atoms with Crippen LogP contribution in [0.5, 0.6) is 0 Å². The van der Waals surface area contributed by atoms with Crippen LogP contribution < -0.4 is 5.32 Å². The van der Waals surface area contributed by atoms with Gasteiger partial charge in [-0.1, -0.05) is 32.0 Å². The van der Waals surface area contributed by atoms with E-state index in [0.717, 1.165) is 25.1 Å². The molecule has 4 bridgehead atoms. The number of amides is 1. The van der Waals surface area contributed by atoms with Crippen LogP contribution in [0.1, 0.15) is 33.1 Å². The van der Waals surface area contributed by atoms with E-state index < -0.39 is 5.60 Å². The Kier molecular flexibility index (Phi) is 2.26. The maximum atomic E-state index is 12.9. The maximum absolute atomic E-state index is 12.9. The number of nitrogens with one attached hydrogen (secondary N) is 1. The largest absolute Gasteiger partial charge is 0.364 e. The van der Waals surface area contributed by atoms with Gasteiger partial charge < -0.3 is 10.1 Å². The van der Waals surface area contributed by atoms with Gasteiger partial charge in [-0.3, -0.25) is 4.79 Å². The lowest BCUT2D eigenvalue weighted by molar-refractivity contribution is -0.149. The molecule has 2 saturated carbocycles. The average molecular weight is 271 g/mol. The first kappa shape index (κ1) is 12.4. The monoisotopic (exact) mass is 271 g/mol. The second kappa shape index (κ2) is 3.64. The van der Waals surface area contributed by atoms with Crippen molar-refractivity contribution in [1.29, 1.82) is 0 Å². The summed E-state index contributed by atoms with van der Waals surface area (Å²) >= 11 is 0. The van der Waals surface area contributed by atoms with Crippen LogP contribution in [0.3, 0.4) is 0 Å². The van der Waals surface area contributed by atoms with E-state index in [0.29, 0.717) is 5.92 Å². The van der Waals surface area contributed by atoms with Crippen LogP contribution in [0, 0.1) is 16.7 Å². The van der Waals surface area contributed by atoms with Crippen molar-refractivity contribution in [2.45, 2.75) is 38.7 Å². The van der Waals surface area contributed by atoms with Crippen molar-refractivity contribution in [2.24, 2.45) is 16.7 Å². The van der Waals surface area contributed by atoms with Crippen molar-refractivity contribution in [3.05, 3.63) is 30.3 Å². The maximum Gasteiger partial charge on any atom is 0.257 e. The fourth-order valence-corrected chi connectivity index (χ4v) is 5.01. The lowest BCUT2D eigenvalue weighted by atomic mass is 9.66. The molecule has 1 heterocycles. The summed E-state index contributed by atoms with van der Waals surface area (Å²) in [6.07, 6.45) is 3.24. The third-order valence-electron chi connectivity index (χ3n) is 6.60. The quantitative estimate of drug-likeness (QED) is 0.897. The van der Waals surface area contributed by atoms with Crippen molar-refractivity contribution >= 4 is 11.6 Å². The number of ether oxygens (including phenoxy) is 1. The summed E-state index contributed by atoms with van der Waals surface area (Å²) in [6.45, 7) is 5.31. The Morgan fingerprint density at radius 1 is 1.30 bits per heavy atom. The number of carbonyl (C=O) groups is 1. The van der Waals surface area contributed by atoms with E-state index in [9.17, 15) is 4.79 Å². The molecule has 1 aromatic carbocycles. The molecule has 4 rings (SSSR count). The smallest absolute Gasteiger partial charge is 0.257 e. The predicted octanol–water partition coefficient (Wildman–Crippen LogP) is 3.22. The van der Waals surface area contributed by atoms with E-state index in [4.69, 9.17) is 4.74 Å². The molecule has 1 N–H and O–H groups in total. The Bertz CT molecular complexity index is 572. The van der Waals surface area contributed by atoms with Gasteiger partial charge in [-0.2, -0.15) is 0 Å². The number of carbonyl (C=O) groups excluding carboxylic acids is 1. The van der Waals surface area contributed by atoms with Crippen LogP contribution in [0.2, 0.25) is 0 Å². The summed E-state index contributed by atoms with van der Waals surface area (Å²) in [4.78, 5) is 12.9. The molecule has 3 nitrogen and oxygen atoms in total. The molecule has 1 aliphatic heterocycles. The van der Waals surface area contributed by atoms with Crippen LogP contribution in [0.15, 0.2) is 30.3 Å². The average Bonchev–Trinajstić information content (AvgIpc) is 2.92. The van der Waals surface area contributed by atoms with E-state index in [2.05, 4.69) is 19.2 Å². The summed E-state index contributed by atoms with van der Waals surface area (Å²) in [5.41, 5.74) is 0.417. The second-order valence-corrected chi connectivity index (χ2v) is 7.13. The van der Waals surface area contributed by atoms with Gasteiger partial charge in [-0.05, 0) is 37.3 Å². The molecular weight excluding hydrogens is 250 g/mol. The lowest BCUT2D eigenvalue weighted by Gasteiger charge is -2.39. The third kappa shape index (κ3) is 1.19. The molecule has 20 heavy (non-hydrogen) atoms. The first-order valence-electron chi connectivity index (χ1n) is 7.52. The number of anilines is 1. The van der Waals surface area contributed by atoms with Crippen LogP contribution in [0.25, 0.3) is 0 Å². The highest BCUT2D eigenvalue weighted by molar-refractivity contribution is 5.99. The van der Waals surface area contributed by atoms with Crippen molar-refractivity contribution in [3.63, 3.8) is 0 Å². The first-order valence-corrected chi connectivity index (χ1v) is 7.52. The van der Waals surface area contributed by atoms with Crippen molar-refractivity contribution in [1.82, 2.24) is 0 Å². The number of hydrogen-bond donors (Lipinski definition) is 1. The van der Waals surface area contributed by atoms with Crippen LogP contribution in [0.4, 0.5) is 5.69 Å². The fraction of sp³-hybridized carbons (Fsp3) is 0.588. The summed E-state index contributed by atoms with van der Waals surface area (Å²) in [6, 6.07) is 9.69. The molecule has 3 aliphatic rings. The Morgan fingerprint density at radius 2 is 2.05 bits per heavy atom. The van der Waals surface area contributed by atoms with Gasteiger partial charge in [0.15, 0.2) is 5.60 Å². The molecule has 0 unspecified atom stereocenters. The molecule has 0 spiro atoms. The fourth-order valence-electron chi connectivity index (χ4n) is 5.01. The van der Waals surface area contributed by atoms with Gasteiger partial charge in [0.25, 0.3) is 5.91 Å². The van der Waals surface area contributed by atoms with Gasteiger partial charge in [-0.25, -0.2) is 0 Å². The lowest BCUT2D eigenvalue weighted by Crippen LogP contribution is -2.52. The molecule has 3 heteroatoms. The molecule has 2 aliphatic carbocycles. The summed E-state index contributed by atoms with van der Waals surface area (Å²) in [7, 11) is 0. The van der Waals surface area contributed by atoms with E-state index >= 15 is 0 Å². The highest BCUT2D eigenvalue weighted by atomic mass is 16.5. The zero-order valence-corrected chi connectivity index (χ0v) is 12.1. The highest BCUT2D eigenvalue weighted by Gasteiger charge is 2.78. The normalized spacial score (nSPS) is 44.8. The number of hydrogen-bond acceptors (Lipinski definition) is 2. The van der Waals surface area contributed by atoms with Gasteiger partial charge in [0.2, 0.25) is 0 Å². The zero-order valence-electron chi connectivity index (χ0n) is 12.1. The Morgan fingerprint density at radius 3 is 2.70 bits per heavy atom. The van der Waals surface area contributed by atoms with E-state index in [1.807, 2.05) is 30.3 Å².